The van der Waals surface area contributed by atoms with E-state index in [0.717, 1.165) is 0 Å². The topological polar surface area (TPSA) is 60.4 Å². The van der Waals surface area contributed by atoms with Gasteiger partial charge in [-0.1, -0.05) is 72.3 Å². The molecule has 0 saturated heterocycles. The number of halogens is 1. The van der Waals surface area contributed by atoms with Gasteiger partial charge in [0.25, 0.3) is 7.37 Å². The van der Waals surface area contributed by atoms with E-state index in [0.29, 0.717) is 21.9 Å². The van der Waals surface area contributed by atoms with E-state index >= 15 is 0 Å². The maximum Gasteiger partial charge on any atom is 0.263 e. The first-order valence-electron chi connectivity index (χ1n) is 8.65. The Labute approximate surface area is 168 Å². The minimum absolute atomic E-state index is 0.300. The van der Waals surface area contributed by atoms with Crippen LogP contribution in [-0.4, -0.2) is 23.9 Å². The number of ketones is 2. The fourth-order valence-electron chi connectivity index (χ4n) is 2.68. The van der Waals surface area contributed by atoms with Gasteiger partial charge in [0.1, 0.15) is 5.75 Å². The van der Waals surface area contributed by atoms with E-state index < -0.39 is 7.37 Å². The quantitative estimate of drug-likeness (QED) is 0.348. The Morgan fingerprint density at radius 1 is 0.714 bits per heavy atom. The Hall–Kier alpha value is -2.68. The molecule has 0 atom stereocenters. The highest BCUT2D eigenvalue weighted by Gasteiger charge is 2.32. The zero-order chi connectivity index (χ0) is 20.0. The number of hydrogen-bond acceptors (Lipinski definition) is 4. The summed E-state index contributed by atoms with van der Waals surface area (Å²) in [6.07, 6.45) is -0.726. The molecule has 0 aliphatic heterocycles. The van der Waals surface area contributed by atoms with Crippen LogP contribution in [0.4, 0.5) is 0 Å². The Bertz CT molecular complexity index is 944. The molecule has 4 nitrogen and oxygen atoms in total. The first-order valence-corrected chi connectivity index (χ1v) is 11.0. The average molecular weight is 413 g/mol. The summed E-state index contributed by atoms with van der Waals surface area (Å²) in [5.41, 5.74) is 0.851. The fraction of sp³-hybridized carbons (Fsp3) is 0.0909. The first kappa shape index (κ1) is 20.1. The number of Topliss-reactive ketones (excluding diaryl/α,β-unsaturated/α-hetero) is 2. The van der Waals surface area contributed by atoms with Gasteiger partial charge in [-0.05, 0) is 24.3 Å². The summed E-state index contributed by atoms with van der Waals surface area (Å²) >= 11 is 5.88. The molecule has 0 radical (unpaired) electrons. The van der Waals surface area contributed by atoms with Gasteiger partial charge in [0, 0.05) is 16.1 Å². The second-order valence-corrected chi connectivity index (χ2v) is 9.13. The third-order valence-electron chi connectivity index (χ3n) is 4.05. The molecule has 0 spiro atoms. The molecule has 3 aromatic carbocycles. The molecule has 0 fully saturated rings. The van der Waals surface area contributed by atoms with Crippen molar-refractivity contribution in [3.63, 3.8) is 0 Å². The summed E-state index contributed by atoms with van der Waals surface area (Å²) in [5.74, 6) is -0.369. The van der Waals surface area contributed by atoms with Crippen LogP contribution in [0, 0.1) is 0 Å². The van der Waals surface area contributed by atoms with Crippen LogP contribution in [0.3, 0.4) is 0 Å². The van der Waals surface area contributed by atoms with Gasteiger partial charge in [-0.2, -0.15) is 0 Å². The van der Waals surface area contributed by atoms with Crippen LogP contribution in [-0.2, 0) is 4.57 Å². The van der Waals surface area contributed by atoms with E-state index in [-0.39, 0.29) is 23.9 Å². The van der Waals surface area contributed by atoms with E-state index in [4.69, 9.17) is 16.1 Å². The van der Waals surface area contributed by atoms with Crippen molar-refractivity contribution in [3.8, 4) is 5.75 Å². The van der Waals surface area contributed by atoms with Gasteiger partial charge in [-0.3, -0.25) is 14.2 Å². The van der Waals surface area contributed by atoms with Crippen LogP contribution in [0.2, 0.25) is 5.02 Å². The highest BCUT2D eigenvalue weighted by molar-refractivity contribution is 7.61. The summed E-state index contributed by atoms with van der Waals surface area (Å²) in [7, 11) is -3.64. The second-order valence-electron chi connectivity index (χ2n) is 6.25. The Morgan fingerprint density at radius 3 is 1.57 bits per heavy atom. The second kappa shape index (κ2) is 9.01. The van der Waals surface area contributed by atoms with Crippen molar-refractivity contribution in [2.24, 2.45) is 0 Å². The van der Waals surface area contributed by atoms with Crippen LogP contribution in [0.25, 0.3) is 0 Å². The lowest BCUT2D eigenvalue weighted by Gasteiger charge is -2.19. The molecule has 0 aliphatic rings. The van der Waals surface area contributed by atoms with Crippen molar-refractivity contribution >= 4 is 30.5 Å². The van der Waals surface area contributed by atoms with E-state index in [1.54, 1.807) is 84.9 Å². The van der Waals surface area contributed by atoms with Gasteiger partial charge >= 0.3 is 0 Å². The predicted molar refractivity (Wildman–Crippen MR) is 111 cm³/mol. The Kier molecular flexibility index (Phi) is 6.45. The van der Waals surface area contributed by atoms with Crippen molar-refractivity contribution in [1.82, 2.24) is 0 Å². The molecule has 0 saturated carbocycles. The maximum absolute atomic E-state index is 13.5. The zero-order valence-electron chi connectivity index (χ0n) is 15.0. The predicted octanol–water partition coefficient (Wildman–Crippen LogP) is 5.76. The molecular formula is C22H18ClO4P. The summed E-state index contributed by atoms with van der Waals surface area (Å²) < 4.78 is 19.2. The average Bonchev–Trinajstić information content (AvgIpc) is 2.71. The minimum Gasteiger partial charge on any atom is -0.442 e. The van der Waals surface area contributed by atoms with Crippen LogP contribution in [0.1, 0.15) is 20.7 Å². The number of carbonyl (C=O) groups excluding carboxylic acids is 2. The molecule has 6 heteroatoms. The summed E-state index contributed by atoms with van der Waals surface area (Å²) in [6.45, 7) is 0. The number of rotatable bonds is 8. The number of benzene rings is 3. The van der Waals surface area contributed by atoms with Crippen molar-refractivity contribution in [2.45, 2.75) is 0 Å². The standard InChI is InChI=1S/C22H18ClO4P/c23-19-11-13-20(14-12-19)27-28(26,15-21(24)17-7-3-1-4-8-17)16-22(25)18-9-5-2-6-10-18/h1-14H,15-16H2. The molecule has 0 bridgehead atoms. The lowest BCUT2D eigenvalue weighted by Crippen LogP contribution is -2.16. The normalized spacial score (nSPS) is 11.0. The molecule has 3 rings (SSSR count). The van der Waals surface area contributed by atoms with Crippen molar-refractivity contribution < 1.29 is 18.7 Å². The number of hydrogen-bond donors (Lipinski definition) is 0. The zero-order valence-corrected chi connectivity index (χ0v) is 16.6. The van der Waals surface area contributed by atoms with E-state index in [2.05, 4.69) is 0 Å². The van der Waals surface area contributed by atoms with Crippen molar-refractivity contribution in [1.29, 1.82) is 0 Å². The fourth-order valence-corrected chi connectivity index (χ4v) is 4.79. The third kappa shape index (κ3) is 5.41. The van der Waals surface area contributed by atoms with Crippen molar-refractivity contribution in [2.75, 3.05) is 12.3 Å². The molecular weight excluding hydrogens is 395 g/mol. The molecule has 0 amide bonds. The van der Waals surface area contributed by atoms with Gasteiger partial charge in [0.15, 0.2) is 11.6 Å². The molecule has 0 N–H and O–H groups in total. The molecule has 142 valence electrons. The Morgan fingerprint density at radius 2 is 1.14 bits per heavy atom. The molecule has 0 aliphatic carbocycles. The van der Waals surface area contributed by atoms with Gasteiger partial charge in [-0.25, -0.2) is 0 Å². The van der Waals surface area contributed by atoms with Crippen LogP contribution in [0.15, 0.2) is 84.9 Å². The molecule has 0 unspecified atom stereocenters. The van der Waals surface area contributed by atoms with Crippen LogP contribution in [0.5, 0.6) is 5.75 Å². The van der Waals surface area contributed by atoms with Gasteiger partial charge < -0.3 is 4.52 Å². The van der Waals surface area contributed by atoms with E-state index in [1.165, 1.54) is 0 Å². The molecule has 3 aromatic rings. The Balaban J connectivity index is 1.86. The first-order chi connectivity index (χ1) is 13.5. The SMILES string of the molecule is O=C(CP(=O)(CC(=O)c1ccccc1)Oc1ccc(Cl)cc1)c1ccccc1. The third-order valence-corrected chi connectivity index (χ3v) is 6.38. The van der Waals surface area contributed by atoms with E-state index in [9.17, 15) is 14.2 Å². The van der Waals surface area contributed by atoms with E-state index in [1.807, 2.05) is 0 Å². The molecule has 0 heterocycles. The van der Waals surface area contributed by atoms with Crippen LogP contribution < -0.4 is 4.52 Å². The molecule has 28 heavy (non-hydrogen) atoms. The van der Waals surface area contributed by atoms with Gasteiger partial charge in [-0.15, -0.1) is 0 Å². The largest absolute Gasteiger partial charge is 0.442 e. The summed E-state index contributed by atoms with van der Waals surface area (Å²) in [6, 6.07) is 23.4. The summed E-state index contributed by atoms with van der Waals surface area (Å²) in [5, 5.41) is 0.503. The smallest absolute Gasteiger partial charge is 0.263 e. The van der Waals surface area contributed by atoms with Gasteiger partial charge in [0.05, 0.1) is 12.3 Å². The monoisotopic (exact) mass is 412 g/mol. The summed E-state index contributed by atoms with van der Waals surface area (Å²) in [4.78, 5) is 25.3. The number of carbonyl (C=O) groups is 2. The van der Waals surface area contributed by atoms with Gasteiger partial charge in [0.2, 0.25) is 0 Å². The van der Waals surface area contributed by atoms with Crippen LogP contribution >= 0.6 is 19.0 Å². The molecule has 0 aromatic heterocycles. The minimum atomic E-state index is -3.64. The highest BCUT2D eigenvalue weighted by atomic mass is 35.5. The van der Waals surface area contributed by atoms with Crippen molar-refractivity contribution in [3.05, 3.63) is 101 Å². The lowest BCUT2D eigenvalue weighted by atomic mass is 10.1. The lowest BCUT2D eigenvalue weighted by molar-refractivity contribution is 0.101. The maximum atomic E-state index is 13.5. The highest BCUT2D eigenvalue weighted by Crippen LogP contribution is 2.48.